The third kappa shape index (κ3) is 5.38. The zero-order valence-corrected chi connectivity index (χ0v) is 16.4. The Kier molecular flexibility index (Phi) is 7.34. The Balaban J connectivity index is 1.85. The van der Waals surface area contributed by atoms with Gasteiger partial charge in [0.2, 0.25) is 11.8 Å². The number of carbonyl (C=O) groups is 3. The van der Waals surface area contributed by atoms with Crippen LogP contribution in [0.25, 0.3) is 0 Å². The molecule has 1 heterocycles. The van der Waals surface area contributed by atoms with Crippen LogP contribution in [0.1, 0.15) is 19.8 Å². The number of likely N-dealkylation sites (tertiary alicyclic amines) is 1. The van der Waals surface area contributed by atoms with Crippen molar-refractivity contribution in [2.24, 2.45) is 5.92 Å². The molecule has 26 heavy (non-hydrogen) atoms. The summed E-state index contributed by atoms with van der Waals surface area (Å²) in [7, 11) is 1.61. The number of amides is 2. The number of thioether (sulfide) groups is 1. The quantitative estimate of drug-likeness (QED) is 0.745. The van der Waals surface area contributed by atoms with Crippen molar-refractivity contribution >= 4 is 41.1 Å². The van der Waals surface area contributed by atoms with Gasteiger partial charge in [0, 0.05) is 25.0 Å². The van der Waals surface area contributed by atoms with E-state index >= 15 is 0 Å². The number of rotatable bonds is 6. The SMILES string of the molecule is CC(Sc1ccccc1Cl)C(=O)N(C)CC(=O)N1CCC(C(=O)O)CC1. The molecule has 1 aromatic carbocycles. The average molecular weight is 399 g/mol. The number of aliphatic carboxylic acids is 1. The molecular weight excluding hydrogens is 376 g/mol. The van der Waals surface area contributed by atoms with Gasteiger partial charge in [-0.15, -0.1) is 11.8 Å². The van der Waals surface area contributed by atoms with Crippen LogP contribution in [-0.2, 0) is 14.4 Å². The highest BCUT2D eigenvalue weighted by molar-refractivity contribution is 8.00. The van der Waals surface area contributed by atoms with E-state index in [2.05, 4.69) is 0 Å². The summed E-state index contributed by atoms with van der Waals surface area (Å²) >= 11 is 7.48. The van der Waals surface area contributed by atoms with Crippen molar-refractivity contribution in [1.29, 1.82) is 0 Å². The maximum absolute atomic E-state index is 12.5. The summed E-state index contributed by atoms with van der Waals surface area (Å²) in [4.78, 5) is 39.8. The molecule has 1 saturated heterocycles. The van der Waals surface area contributed by atoms with E-state index in [0.29, 0.717) is 31.0 Å². The van der Waals surface area contributed by atoms with Crippen molar-refractivity contribution < 1.29 is 19.5 Å². The highest BCUT2D eigenvalue weighted by Crippen LogP contribution is 2.30. The van der Waals surface area contributed by atoms with E-state index in [1.54, 1.807) is 24.9 Å². The number of nitrogens with zero attached hydrogens (tertiary/aromatic N) is 2. The minimum Gasteiger partial charge on any atom is -0.481 e. The second-order valence-corrected chi connectivity index (χ2v) is 8.17. The molecule has 2 amide bonds. The first-order valence-electron chi connectivity index (χ1n) is 8.46. The van der Waals surface area contributed by atoms with Crippen molar-refractivity contribution in [3.8, 4) is 0 Å². The van der Waals surface area contributed by atoms with Gasteiger partial charge in [-0.2, -0.15) is 0 Å². The van der Waals surface area contributed by atoms with Crippen LogP contribution in [0.3, 0.4) is 0 Å². The fourth-order valence-electron chi connectivity index (χ4n) is 2.85. The first-order valence-corrected chi connectivity index (χ1v) is 9.72. The highest BCUT2D eigenvalue weighted by atomic mass is 35.5. The van der Waals surface area contributed by atoms with Crippen LogP contribution < -0.4 is 0 Å². The second kappa shape index (κ2) is 9.28. The number of carboxylic acids is 1. The van der Waals surface area contributed by atoms with Gasteiger partial charge in [-0.05, 0) is 31.9 Å². The van der Waals surface area contributed by atoms with Crippen LogP contribution in [0.15, 0.2) is 29.2 Å². The topological polar surface area (TPSA) is 77.9 Å². The molecule has 1 N–H and O–H groups in total. The van der Waals surface area contributed by atoms with Crippen LogP contribution in [0.2, 0.25) is 5.02 Å². The molecule has 0 spiro atoms. The molecule has 8 heteroatoms. The molecule has 1 fully saturated rings. The van der Waals surface area contributed by atoms with Crippen LogP contribution >= 0.6 is 23.4 Å². The summed E-state index contributed by atoms with van der Waals surface area (Å²) in [6.45, 7) is 2.61. The number of carbonyl (C=O) groups excluding carboxylic acids is 2. The Bertz CT molecular complexity index is 677. The second-order valence-electron chi connectivity index (χ2n) is 6.38. The lowest BCUT2D eigenvalue weighted by Crippen LogP contribution is -2.46. The number of piperidine rings is 1. The summed E-state index contributed by atoms with van der Waals surface area (Å²) in [5.41, 5.74) is 0. The van der Waals surface area contributed by atoms with E-state index in [9.17, 15) is 14.4 Å². The van der Waals surface area contributed by atoms with E-state index < -0.39 is 5.97 Å². The summed E-state index contributed by atoms with van der Waals surface area (Å²) in [6, 6.07) is 7.32. The number of carboxylic acid groups (broad SMARTS) is 1. The van der Waals surface area contributed by atoms with Gasteiger partial charge in [0.1, 0.15) is 0 Å². The summed E-state index contributed by atoms with van der Waals surface area (Å²) in [5.74, 6) is -1.50. The minimum absolute atomic E-state index is 0.00993. The van der Waals surface area contributed by atoms with E-state index in [0.717, 1.165) is 4.90 Å². The normalized spacial score (nSPS) is 16.2. The summed E-state index contributed by atoms with van der Waals surface area (Å²) in [6.07, 6.45) is 0.912. The Morgan fingerprint density at radius 3 is 2.50 bits per heavy atom. The monoisotopic (exact) mass is 398 g/mol. The van der Waals surface area contributed by atoms with Gasteiger partial charge in [-0.3, -0.25) is 14.4 Å². The molecule has 0 aromatic heterocycles. The largest absolute Gasteiger partial charge is 0.481 e. The van der Waals surface area contributed by atoms with Gasteiger partial charge in [0.25, 0.3) is 0 Å². The van der Waals surface area contributed by atoms with E-state index in [1.165, 1.54) is 16.7 Å². The summed E-state index contributed by atoms with van der Waals surface area (Å²) in [5, 5.41) is 9.24. The first kappa shape index (κ1) is 20.6. The van der Waals surface area contributed by atoms with Crippen molar-refractivity contribution in [1.82, 2.24) is 9.80 Å². The van der Waals surface area contributed by atoms with Crippen LogP contribution in [0, 0.1) is 5.92 Å². The van der Waals surface area contributed by atoms with Gasteiger partial charge in [-0.1, -0.05) is 23.7 Å². The van der Waals surface area contributed by atoms with Crippen molar-refractivity contribution in [2.45, 2.75) is 29.9 Å². The van der Waals surface area contributed by atoms with Crippen molar-refractivity contribution in [3.05, 3.63) is 29.3 Å². The lowest BCUT2D eigenvalue weighted by molar-refractivity contribution is -0.146. The fourth-order valence-corrected chi connectivity index (χ4v) is 4.12. The number of benzene rings is 1. The van der Waals surface area contributed by atoms with E-state index in [-0.39, 0.29) is 29.5 Å². The standard InChI is InChI=1S/C18H23ClN2O4S/c1-12(26-15-6-4-3-5-14(15)19)17(23)20(2)11-16(22)21-9-7-13(8-10-21)18(24)25/h3-6,12-13H,7-11H2,1-2H3,(H,24,25). The molecule has 2 rings (SSSR count). The molecule has 0 bridgehead atoms. The Morgan fingerprint density at radius 1 is 1.31 bits per heavy atom. The summed E-state index contributed by atoms with van der Waals surface area (Å²) < 4.78 is 0. The number of halogens is 1. The lowest BCUT2D eigenvalue weighted by Gasteiger charge is -2.31. The van der Waals surface area contributed by atoms with Crippen LogP contribution in [0.5, 0.6) is 0 Å². The lowest BCUT2D eigenvalue weighted by atomic mass is 9.97. The molecule has 0 radical (unpaired) electrons. The smallest absolute Gasteiger partial charge is 0.306 e. The third-order valence-corrected chi connectivity index (χ3v) is 6.04. The van der Waals surface area contributed by atoms with Crippen LogP contribution in [0.4, 0.5) is 0 Å². The van der Waals surface area contributed by atoms with Gasteiger partial charge in [0.15, 0.2) is 0 Å². The molecule has 6 nitrogen and oxygen atoms in total. The molecule has 142 valence electrons. The zero-order valence-electron chi connectivity index (χ0n) is 14.9. The molecular formula is C18H23ClN2O4S. The highest BCUT2D eigenvalue weighted by Gasteiger charge is 2.28. The Morgan fingerprint density at radius 2 is 1.92 bits per heavy atom. The number of hydrogen-bond donors (Lipinski definition) is 1. The third-order valence-electron chi connectivity index (χ3n) is 4.43. The molecule has 0 saturated carbocycles. The van der Waals surface area contributed by atoms with Crippen molar-refractivity contribution in [3.63, 3.8) is 0 Å². The maximum Gasteiger partial charge on any atom is 0.306 e. The van der Waals surface area contributed by atoms with Crippen molar-refractivity contribution in [2.75, 3.05) is 26.7 Å². The van der Waals surface area contributed by atoms with Gasteiger partial charge in [-0.25, -0.2) is 0 Å². The number of likely N-dealkylation sites (N-methyl/N-ethyl adjacent to an activating group) is 1. The average Bonchev–Trinajstić information content (AvgIpc) is 2.62. The molecule has 1 unspecified atom stereocenters. The minimum atomic E-state index is -0.810. The Labute approximate surface area is 162 Å². The molecule has 0 aliphatic carbocycles. The first-order chi connectivity index (χ1) is 12.3. The predicted octanol–water partition coefficient (Wildman–Crippen LogP) is 2.60. The maximum atomic E-state index is 12.5. The molecule has 1 atom stereocenters. The zero-order chi connectivity index (χ0) is 19.3. The van der Waals surface area contributed by atoms with Gasteiger partial charge in [0.05, 0.1) is 22.7 Å². The molecule has 1 aromatic rings. The number of hydrogen-bond acceptors (Lipinski definition) is 4. The van der Waals surface area contributed by atoms with E-state index in [1.807, 2.05) is 18.2 Å². The fraction of sp³-hybridized carbons (Fsp3) is 0.500. The van der Waals surface area contributed by atoms with Crippen LogP contribution in [-0.4, -0.2) is 64.6 Å². The molecule has 1 aliphatic heterocycles. The Hall–Kier alpha value is -1.73. The molecule has 1 aliphatic rings. The van der Waals surface area contributed by atoms with Gasteiger partial charge < -0.3 is 14.9 Å². The van der Waals surface area contributed by atoms with E-state index in [4.69, 9.17) is 16.7 Å². The predicted molar refractivity (Wildman–Crippen MR) is 101 cm³/mol. The van der Waals surface area contributed by atoms with Gasteiger partial charge >= 0.3 is 5.97 Å².